The molecule has 0 radical (unpaired) electrons. The van der Waals surface area contributed by atoms with E-state index in [9.17, 15) is 0 Å². The number of benzene rings is 24. The lowest BCUT2D eigenvalue weighted by molar-refractivity contribution is 1.62. The van der Waals surface area contributed by atoms with Gasteiger partial charge in [0, 0.05) is 0 Å². The molecule has 0 atom stereocenters. The van der Waals surface area contributed by atoms with E-state index >= 15 is 0 Å². The first-order valence-corrected chi connectivity index (χ1v) is 42.3. The molecule has 0 aliphatic rings. The van der Waals surface area contributed by atoms with Crippen LogP contribution in [0.15, 0.2) is 485 Å². The quantitative estimate of drug-likeness (QED) is 0.0946. The van der Waals surface area contributed by atoms with Crippen LogP contribution in [0, 0.1) is 0 Å². The molecule has 0 aromatic heterocycles. The van der Waals surface area contributed by atoms with Crippen LogP contribution in [0.1, 0.15) is 0 Å². The van der Waals surface area contributed by atoms with Gasteiger partial charge in [-0.2, -0.15) is 0 Å². The summed E-state index contributed by atoms with van der Waals surface area (Å²) in [6.07, 6.45) is 0. The molecule has 0 unspecified atom stereocenters. The van der Waals surface area contributed by atoms with Gasteiger partial charge in [-0.05, 0) is 236 Å². The first kappa shape index (κ1) is 72.6. The molecule has 0 aliphatic carbocycles. The molecule has 0 saturated heterocycles. The van der Waals surface area contributed by atoms with E-state index < -0.39 is 0 Å². The third-order valence-corrected chi connectivity index (χ3v) is 25.0. The standard InChI is InChI=1S/2C46H30.C30H20/c1-3-15-37-31(11-1)13-9-21-39(37)33-23-27-35(28-24-33)45-41-17-5-7-19-43(41)46(44-20-8-6-18-42(44)45)36-29-25-34(26-30-36)40-22-10-14-32-12-2-4-16-38(32)40;1-2-12-37-30-38(29-22-31(37)10-1)32-20-25-35(26-21-32)45-41-15-5-7-17-43(41)46(44-18-8-6-16-42(44)45)36-27-23-34(24-28-36)40-19-9-13-33-11-3-4-14-39(33)40;1-3-12-22(13-4-1)28-25-17-9-10-18-26(25)29(23-14-5-2-6-15-23)30-24-16-8-7-11-21(24)19-20-27(28)30/h2*1-30H;1-20H. The molecular formula is C122H80. The minimum absolute atomic E-state index is 1.23. The second-order valence-electron chi connectivity index (χ2n) is 31.9. The Balaban J connectivity index is 0.000000112. The molecule has 0 aliphatic heterocycles. The van der Waals surface area contributed by atoms with Crippen molar-refractivity contribution < 1.29 is 0 Å². The normalized spacial score (nSPS) is 11.4. The largest absolute Gasteiger partial charge is 0.0622 e. The summed E-state index contributed by atoms with van der Waals surface area (Å²) in [4.78, 5) is 0. The number of fused-ring (bicyclic) bond motifs is 12. The number of rotatable bonds is 10. The van der Waals surface area contributed by atoms with Gasteiger partial charge in [0.05, 0.1) is 0 Å². The van der Waals surface area contributed by atoms with Crippen molar-refractivity contribution in [2.24, 2.45) is 0 Å². The van der Waals surface area contributed by atoms with Gasteiger partial charge in [-0.3, -0.25) is 0 Å². The highest BCUT2D eigenvalue weighted by Gasteiger charge is 2.23. The van der Waals surface area contributed by atoms with Crippen molar-refractivity contribution in [3.63, 3.8) is 0 Å². The predicted octanol–water partition coefficient (Wildman–Crippen LogP) is 34.4. The van der Waals surface area contributed by atoms with Crippen LogP contribution in [0.3, 0.4) is 0 Å². The predicted molar refractivity (Wildman–Crippen MR) is 526 cm³/mol. The molecule has 0 nitrogen and oxygen atoms in total. The van der Waals surface area contributed by atoms with E-state index in [0.29, 0.717) is 0 Å². The Kier molecular flexibility index (Phi) is 18.8. The van der Waals surface area contributed by atoms with Gasteiger partial charge in [0.25, 0.3) is 0 Å². The lowest BCUT2D eigenvalue weighted by Gasteiger charge is -2.19. The summed E-state index contributed by atoms with van der Waals surface area (Å²) in [5.41, 5.74) is 25.2. The first-order chi connectivity index (χ1) is 60.6. The maximum Gasteiger partial charge on any atom is -0.00141 e. The van der Waals surface area contributed by atoms with Gasteiger partial charge in [-0.25, -0.2) is 0 Å². The van der Waals surface area contributed by atoms with E-state index in [1.165, 1.54) is 230 Å². The molecule has 0 N–H and O–H groups in total. The Morgan fingerprint density at radius 3 is 0.648 bits per heavy atom. The van der Waals surface area contributed by atoms with E-state index in [2.05, 4.69) is 485 Å². The molecule has 122 heavy (non-hydrogen) atoms. The van der Waals surface area contributed by atoms with Gasteiger partial charge in [0.1, 0.15) is 0 Å². The topological polar surface area (TPSA) is 0 Å². The zero-order valence-corrected chi connectivity index (χ0v) is 67.2. The number of hydrogen-bond acceptors (Lipinski definition) is 0. The van der Waals surface area contributed by atoms with Crippen molar-refractivity contribution in [1.82, 2.24) is 0 Å². The lowest BCUT2D eigenvalue weighted by atomic mass is 9.84. The minimum Gasteiger partial charge on any atom is -0.0622 e. The van der Waals surface area contributed by atoms with Gasteiger partial charge in [0.15, 0.2) is 0 Å². The highest BCUT2D eigenvalue weighted by Crippen LogP contribution is 2.50. The molecule has 0 amide bonds. The SMILES string of the molecule is c1ccc(-c2c3ccccc3c(-c3ccccc3)c3c2ccc2ccccc23)cc1.c1ccc2c(-c3ccc(-c4c5ccccc5c(-c5ccc(-c6cccc7ccccc67)cc5)c5ccccc45)cc3)cccc2c1.c1ccc2cc(-c3ccc(-c4c5ccccc5c(-c5ccc(-c6cccc7ccccc67)cc5)c5ccccc45)cc3)ccc2c1. The van der Waals surface area contributed by atoms with Crippen LogP contribution in [-0.4, -0.2) is 0 Å². The Labute approximate surface area is 710 Å². The summed E-state index contributed by atoms with van der Waals surface area (Å²) in [5, 5.41) is 28.1. The summed E-state index contributed by atoms with van der Waals surface area (Å²) in [5.74, 6) is 0. The lowest BCUT2D eigenvalue weighted by Crippen LogP contribution is -1.91. The van der Waals surface area contributed by atoms with Gasteiger partial charge in [0.2, 0.25) is 0 Å². The van der Waals surface area contributed by atoms with Gasteiger partial charge < -0.3 is 0 Å². The summed E-state index contributed by atoms with van der Waals surface area (Å²) >= 11 is 0. The highest BCUT2D eigenvalue weighted by molar-refractivity contribution is 6.29. The van der Waals surface area contributed by atoms with Crippen molar-refractivity contribution in [2.45, 2.75) is 0 Å². The third kappa shape index (κ3) is 13.2. The molecule has 0 saturated carbocycles. The van der Waals surface area contributed by atoms with Crippen molar-refractivity contribution in [1.29, 1.82) is 0 Å². The fraction of sp³-hybridized carbons (Fsp3) is 0. The van der Waals surface area contributed by atoms with Crippen molar-refractivity contribution in [3.05, 3.63) is 485 Å². The summed E-state index contributed by atoms with van der Waals surface area (Å²) in [7, 11) is 0. The van der Waals surface area contributed by atoms with Crippen LogP contribution < -0.4 is 0 Å². The third-order valence-electron chi connectivity index (χ3n) is 25.0. The van der Waals surface area contributed by atoms with Crippen LogP contribution in [0.4, 0.5) is 0 Å². The van der Waals surface area contributed by atoms with Crippen LogP contribution in [0.25, 0.3) is 230 Å². The molecule has 568 valence electrons. The molecule has 24 aromatic rings. The maximum absolute atomic E-state index is 2.30. The molecular weight excluding hydrogens is 1470 g/mol. The maximum atomic E-state index is 2.30. The Bertz CT molecular complexity index is 7800. The van der Waals surface area contributed by atoms with E-state index in [-0.39, 0.29) is 0 Å². The second-order valence-corrected chi connectivity index (χ2v) is 31.9. The van der Waals surface area contributed by atoms with Gasteiger partial charge >= 0.3 is 0 Å². The van der Waals surface area contributed by atoms with Crippen molar-refractivity contribution in [2.75, 3.05) is 0 Å². The van der Waals surface area contributed by atoms with Crippen molar-refractivity contribution in [3.8, 4) is 111 Å². The Hall–Kier alpha value is -15.9. The van der Waals surface area contributed by atoms with E-state index in [0.717, 1.165) is 0 Å². The summed E-state index contributed by atoms with van der Waals surface area (Å²) in [6, 6.07) is 177. The molecule has 24 rings (SSSR count). The average Bonchev–Trinajstić information content (AvgIpc) is 0.736. The van der Waals surface area contributed by atoms with Crippen molar-refractivity contribution >= 4 is 118 Å². The minimum atomic E-state index is 1.23. The molecule has 24 aromatic carbocycles. The van der Waals surface area contributed by atoms with Crippen LogP contribution in [0.5, 0.6) is 0 Å². The molecule has 0 heterocycles. The first-order valence-electron chi connectivity index (χ1n) is 42.3. The van der Waals surface area contributed by atoms with Crippen LogP contribution in [0.2, 0.25) is 0 Å². The smallest absolute Gasteiger partial charge is 0.00141 e. The molecule has 0 fully saturated rings. The second kappa shape index (κ2) is 31.5. The van der Waals surface area contributed by atoms with Gasteiger partial charge in [-0.1, -0.05) is 479 Å². The zero-order chi connectivity index (χ0) is 80.8. The summed E-state index contributed by atoms with van der Waals surface area (Å²) < 4.78 is 0. The monoisotopic (exact) mass is 1540 g/mol. The molecule has 0 heteroatoms. The van der Waals surface area contributed by atoms with E-state index in [1.807, 2.05) is 0 Å². The fourth-order valence-corrected chi connectivity index (χ4v) is 19.3. The number of hydrogen-bond donors (Lipinski definition) is 0. The Morgan fingerprint density at radius 2 is 0.303 bits per heavy atom. The fourth-order valence-electron chi connectivity index (χ4n) is 19.3. The zero-order valence-electron chi connectivity index (χ0n) is 67.2. The average molecular weight is 1550 g/mol. The summed E-state index contributed by atoms with van der Waals surface area (Å²) in [6.45, 7) is 0. The molecule has 0 spiro atoms. The molecule has 0 bridgehead atoms. The van der Waals surface area contributed by atoms with Crippen LogP contribution in [-0.2, 0) is 0 Å². The van der Waals surface area contributed by atoms with E-state index in [1.54, 1.807) is 0 Å². The Morgan fingerprint density at radius 1 is 0.0902 bits per heavy atom. The van der Waals surface area contributed by atoms with Crippen LogP contribution >= 0.6 is 0 Å². The highest BCUT2D eigenvalue weighted by atomic mass is 14.3. The van der Waals surface area contributed by atoms with Gasteiger partial charge in [-0.15, -0.1) is 0 Å². The van der Waals surface area contributed by atoms with E-state index in [4.69, 9.17) is 0 Å².